The zero-order chi connectivity index (χ0) is 19.1. The summed E-state index contributed by atoms with van der Waals surface area (Å²) in [6, 6.07) is 12.4. The molecule has 1 amide bonds. The fourth-order valence-electron chi connectivity index (χ4n) is 3.60. The van der Waals surface area contributed by atoms with Crippen molar-refractivity contribution in [3.8, 4) is 6.07 Å². The Bertz CT molecular complexity index is 775. The van der Waals surface area contributed by atoms with Gasteiger partial charge >= 0.3 is 0 Å². The lowest BCUT2D eigenvalue weighted by Crippen LogP contribution is -2.50. The molecule has 1 atom stereocenters. The van der Waals surface area contributed by atoms with Gasteiger partial charge in [-0.25, -0.2) is 4.39 Å². The molecule has 142 valence electrons. The molecule has 1 unspecified atom stereocenters. The SMILES string of the molecule is N#CC1(NC(=O)CNC(c2ccc(F)cc2)c2cccs2)CCCCCC1. The standard InChI is InChI=1S/C21H24FN3OS/c22-17-9-7-16(8-10-17)20(18-6-5-13-27-18)24-14-19(26)25-21(15-23)11-3-1-2-4-12-21/h5-10,13,20,24H,1-4,11-12,14H2,(H,25,26). The number of carbonyl (C=O) groups excluding carboxylic acids is 1. The first-order valence-electron chi connectivity index (χ1n) is 9.36. The number of nitriles is 1. The van der Waals surface area contributed by atoms with Gasteiger partial charge in [0.25, 0.3) is 0 Å². The highest BCUT2D eigenvalue weighted by Gasteiger charge is 2.32. The second-order valence-electron chi connectivity index (χ2n) is 7.04. The Hall–Kier alpha value is -2.23. The molecule has 0 radical (unpaired) electrons. The van der Waals surface area contributed by atoms with Crippen LogP contribution in [0.25, 0.3) is 0 Å². The molecule has 4 nitrogen and oxygen atoms in total. The van der Waals surface area contributed by atoms with E-state index in [0.717, 1.165) is 36.1 Å². The van der Waals surface area contributed by atoms with Crippen LogP contribution in [0.2, 0.25) is 0 Å². The van der Waals surface area contributed by atoms with E-state index in [9.17, 15) is 14.4 Å². The number of hydrogen-bond acceptors (Lipinski definition) is 4. The van der Waals surface area contributed by atoms with Gasteiger partial charge in [-0.15, -0.1) is 11.3 Å². The number of amides is 1. The van der Waals surface area contributed by atoms with Gasteiger partial charge in [0.05, 0.1) is 18.7 Å². The molecule has 2 aromatic rings. The number of halogens is 1. The lowest BCUT2D eigenvalue weighted by Gasteiger charge is -2.27. The molecule has 1 aromatic heterocycles. The minimum atomic E-state index is -0.746. The summed E-state index contributed by atoms with van der Waals surface area (Å²) >= 11 is 1.58. The minimum absolute atomic E-state index is 0.101. The van der Waals surface area contributed by atoms with Crippen LogP contribution >= 0.6 is 11.3 Å². The average Bonchev–Trinajstić information content (AvgIpc) is 3.10. The van der Waals surface area contributed by atoms with Crippen LogP contribution in [-0.4, -0.2) is 18.0 Å². The van der Waals surface area contributed by atoms with Crippen molar-refractivity contribution in [3.05, 3.63) is 58.0 Å². The van der Waals surface area contributed by atoms with Crippen LogP contribution < -0.4 is 10.6 Å². The highest BCUT2D eigenvalue weighted by Crippen LogP contribution is 2.28. The van der Waals surface area contributed by atoms with E-state index < -0.39 is 5.54 Å². The minimum Gasteiger partial charge on any atom is -0.337 e. The third-order valence-corrected chi connectivity index (χ3v) is 5.98. The molecular formula is C21H24FN3OS. The molecule has 3 rings (SSSR count). The van der Waals surface area contributed by atoms with Crippen molar-refractivity contribution in [2.45, 2.75) is 50.1 Å². The Balaban J connectivity index is 1.67. The Morgan fingerprint density at radius 1 is 1.19 bits per heavy atom. The predicted molar refractivity (Wildman–Crippen MR) is 105 cm³/mol. The quantitative estimate of drug-likeness (QED) is 0.729. The number of nitrogens with one attached hydrogen (secondary N) is 2. The van der Waals surface area contributed by atoms with Gasteiger partial charge in [0, 0.05) is 4.88 Å². The summed E-state index contributed by atoms with van der Waals surface area (Å²) in [4.78, 5) is 13.6. The lowest BCUT2D eigenvalue weighted by molar-refractivity contribution is -0.121. The van der Waals surface area contributed by atoms with Crippen molar-refractivity contribution >= 4 is 17.2 Å². The van der Waals surface area contributed by atoms with E-state index in [2.05, 4.69) is 16.7 Å². The fraction of sp³-hybridized carbons (Fsp3) is 0.429. The molecule has 0 saturated heterocycles. The van der Waals surface area contributed by atoms with E-state index in [1.807, 2.05) is 17.5 Å². The Kier molecular flexibility index (Phi) is 6.59. The summed E-state index contributed by atoms with van der Waals surface area (Å²) < 4.78 is 13.3. The van der Waals surface area contributed by atoms with Gasteiger partial charge < -0.3 is 5.32 Å². The summed E-state index contributed by atoms with van der Waals surface area (Å²) in [5.41, 5.74) is 0.153. The monoisotopic (exact) mass is 385 g/mol. The van der Waals surface area contributed by atoms with Crippen LogP contribution in [0.4, 0.5) is 4.39 Å². The van der Waals surface area contributed by atoms with Gasteiger partial charge in [-0.3, -0.25) is 10.1 Å². The Morgan fingerprint density at radius 2 is 1.89 bits per heavy atom. The summed E-state index contributed by atoms with van der Waals surface area (Å²) in [5, 5.41) is 17.8. The van der Waals surface area contributed by atoms with Crippen LogP contribution in [0, 0.1) is 17.1 Å². The second kappa shape index (κ2) is 9.12. The molecule has 1 aliphatic rings. The summed E-state index contributed by atoms with van der Waals surface area (Å²) in [5.74, 6) is -0.465. The van der Waals surface area contributed by atoms with Crippen molar-refractivity contribution < 1.29 is 9.18 Å². The molecule has 1 heterocycles. The van der Waals surface area contributed by atoms with Crippen LogP contribution in [0.3, 0.4) is 0 Å². The molecule has 0 aliphatic heterocycles. The molecule has 27 heavy (non-hydrogen) atoms. The third-order valence-electron chi connectivity index (χ3n) is 5.05. The highest BCUT2D eigenvalue weighted by atomic mass is 32.1. The number of nitrogens with zero attached hydrogens (tertiary/aromatic N) is 1. The molecule has 1 fully saturated rings. The van der Waals surface area contributed by atoms with Crippen molar-refractivity contribution in [3.63, 3.8) is 0 Å². The maximum Gasteiger partial charge on any atom is 0.235 e. The summed E-state index contributed by atoms with van der Waals surface area (Å²) in [6.07, 6.45) is 5.58. The number of benzene rings is 1. The largest absolute Gasteiger partial charge is 0.337 e. The van der Waals surface area contributed by atoms with Crippen molar-refractivity contribution in [1.29, 1.82) is 5.26 Å². The molecule has 0 bridgehead atoms. The van der Waals surface area contributed by atoms with E-state index in [4.69, 9.17) is 0 Å². The maximum atomic E-state index is 13.3. The fourth-order valence-corrected chi connectivity index (χ4v) is 4.42. The maximum absolute atomic E-state index is 13.3. The van der Waals surface area contributed by atoms with E-state index in [1.165, 1.54) is 12.1 Å². The zero-order valence-electron chi connectivity index (χ0n) is 15.2. The van der Waals surface area contributed by atoms with Crippen molar-refractivity contribution in [2.75, 3.05) is 6.54 Å². The first kappa shape index (κ1) is 19.5. The van der Waals surface area contributed by atoms with Crippen molar-refractivity contribution in [2.24, 2.45) is 0 Å². The molecule has 1 aromatic carbocycles. The second-order valence-corrected chi connectivity index (χ2v) is 8.02. The first-order chi connectivity index (χ1) is 13.1. The zero-order valence-corrected chi connectivity index (χ0v) is 16.0. The molecule has 1 aliphatic carbocycles. The lowest BCUT2D eigenvalue weighted by atomic mass is 9.92. The topological polar surface area (TPSA) is 64.9 Å². The van der Waals surface area contributed by atoms with E-state index in [-0.39, 0.29) is 24.3 Å². The molecule has 6 heteroatoms. The number of hydrogen-bond donors (Lipinski definition) is 2. The van der Waals surface area contributed by atoms with Crippen molar-refractivity contribution in [1.82, 2.24) is 10.6 Å². The normalized spacial score (nSPS) is 17.5. The molecule has 0 spiro atoms. The molecular weight excluding hydrogens is 361 g/mol. The third kappa shape index (κ3) is 5.15. The first-order valence-corrected chi connectivity index (χ1v) is 10.2. The predicted octanol–water partition coefficient (Wildman–Crippen LogP) is 4.30. The van der Waals surface area contributed by atoms with Crippen LogP contribution in [0.15, 0.2) is 41.8 Å². The van der Waals surface area contributed by atoms with E-state index in [0.29, 0.717) is 12.8 Å². The Morgan fingerprint density at radius 3 is 2.48 bits per heavy atom. The summed E-state index contributed by atoms with van der Waals surface area (Å²) in [6.45, 7) is 0.101. The van der Waals surface area contributed by atoms with Gasteiger partial charge in [0.2, 0.25) is 5.91 Å². The van der Waals surface area contributed by atoms with Gasteiger partial charge in [-0.1, -0.05) is 43.9 Å². The van der Waals surface area contributed by atoms with Gasteiger partial charge in [0.1, 0.15) is 11.4 Å². The average molecular weight is 386 g/mol. The van der Waals surface area contributed by atoms with Crippen LogP contribution in [0.1, 0.15) is 55.0 Å². The number of thiophene rings is 1. The smallest absolute Gasteiger partial charge is 0.235 e. The number of carbonyl (C=O) groups is 1. The molecule has 1 saturated carbocycles. The van der Waals surface area contributed by atoms with Gasteiger partial charge in [0.15, 0.2) is 0 Å². The van der Waals surface area contributed by atoms with E-state index in [1.54, 1.807) is 23.5 Å². The summed E-state index contributed by atoms with van der Waals surface area (Å²) in [7, 11) is 0. The van der Waals surface area contributed by atoms with Crippen LogP contribution in [-0.2, 0) is 4.79 Å². The number of rotatable bonds is 6. The Labute approximate surface area is 163 Å². The van der Waals surface area contributed by atoms with Gasteiger partial charge in [-0.05, 0) is 42.0 Å². The highest BCUT2D eigenvalue weighted by molar-refractivity contribution is 7.10. The molecule has 2 N–H and O–H groups in total. The van der Waals surface area contributed by atoms with E-state index >= 15 is 0 Å². The van der Waals surface area contributed by atoms with Gasteiger partial charge in [-0.2, -0.15) is 5.26 Å². The van der Waals surface area contributed by atoms with Crippen LogP contribution in [0.5, 0.6) is 0 Å².